The van der Waals surface area contributed by atoms with E-state index >= 15 is 0 Å². The topological polar surface area (TPSA) is 20.3 Å². The molecule has 2 aromatic rings. The zero-order valence-electron chi connectivity index (χ0n) is 10.9. The number of carbonyl (C=O) groups excluding carboxylic acids is 1. The van der Waals surface area contributed by atoms with Gasteiger partial charge in [0.15, 0.2) is 0 Å². The fourth-order valence-electron chi connectivity index (χ4n) is 2.64. The number of hydrogen-bond donors (Lipinski definition) is 0. The second kappa shape index (κ2) is 5.12. The Morgan fingerprint density at radius 3 is 2.65 bits per heavy atom. The van der Waals surface area contributed by atoms with Gasteiger partial charge in [-0.3, -0.25) is 4.79 Å². The number of amides is 1. The van der Waals surface area contributed by atoms with Crippen molar-refractivity contribution in [2.75, 3.05) is 4.90 Å². The number of benzene rings is 2. The van der Waals surface area contributed by atoms with Crippen molar-refractivity contribution in [2.45, 2.75) is 19.4 Å². The maximum Gasteiger partial charge on any atom is 0.258 e. The largest absolute Gasteiger partial charge is 0.305 e. The zero-order valence-corrected chi connectivity index (χ0v) is 12.4. The van der Waals surface area contributed by atoms with E-state index in [9.17, 15) is 4.79 Å². The first-order valence-corrected chi connectivity index (χ1v) is 7.20. The van der Waals surface area contributed by atoms with Gasteiger partial charge in [-0.25, -0.2) is 0 Å². The molecule has 1 aliphatic heterocycles. The van der Waals surface area contributed by atoms with Crippen LogP contribution in [0.4, 0.5) is 5.69 Å². The molecule has 3 rings (SSSR count). The molecule has 0 N–H and O–H groups in total. The number of anilines is 1. The molecule has 1 heterocycles. The van der Waals surface area contributed by atoms with Crippen LogP contribution in [0.2, 0.25) is 10.0 Å². The quantitative estimate of drug-likeness (QED) is 0.755. The molecule has 4 heteroatoms. The molecule has 0 bridgehead atoms. The average molecular weight is 306 g/mol. The number of carbonyl (C=O) groups is 1. The van der Waals surface area contributed by atoms with E-state index in [4.69, 9.17) is 23.2 Å². The number of nitrogens with zero attached hydrogens (tertiary/aromatic N) is 1. The summed E-state index contributed by atoms with van der Waals surface area (Å²) in [5, 5.41) is 0.857. The van der Waals surface area contributed by atoms with E-state index in [1.165, 1.54) is 5.56 Å². The smallest absolute Gasteiger partial charge is 0.258 e. The van der Waals surface area contributed by atoms with Crippen LogP contribution >= 0.6 is 23.2 Å². The van der Waals surface area contributed by atoms with Gasteiger partial charge in [0.1, 0.15) is 0 Å². The molecule has 0 fully saturated rings. The maximum atomic E-state index is 12.7. The minimum absolute atomic E-state index is 0.0407. The van der Waals surface area contributed by atoms with Crippen LogP contribution < -0.4 is 4.90 Å². The second-order valence-electron chi connectivity index (χ2n) is 4.99. The molecule has 0 radical (unpaired) electrons. The lowest BCUT2D eigenvalue weighted by Crippen LogP contribution is -2.35. The summed E-state index contributed by atoms with van der Waals surface area (Å²) < 4.78 is 0. The van der Waals surface area contributed by atoms with Crippen molar-refractivity contribution in [2.24, 2.45) is 0 Å². The van der Waals surface area contributed by atoms with Crippen molar-refractivity contribution >= 4 is 34.8 Å². The van der Waals surface area contributed by atoms with Crippen LogP contribution in [0.5, 0.6) is 0 Å². The summed E-state index contributed by atoms with van der Waals surface area (Å²) in [6.07, 6.45) is 0.878. The van der Waals surface area contributed by atoms with Crippen LogP contribution in [-0.2, 0) is 6.42 Å². The van der Waals surface area contributed by atoms with Crippen LogP contribution in [0.25, 0.3) is 0 Å². The molecule has 0 saturated carbocycles. The van der Waals surface area contributed by atoms with Gasteiger partial charge in [0, 0.05) is 17.3 Å². The van der Waals surface area contributed by atoms with Crippen LogP contribution in [-0.4, -0.2) is 11.9 Å². The van der Waals surface area contributed by atoms with Crippen molar-refractivity contribution < 1.29 is 4.79 Å². The number of rotatable bonds is 1. The van der Waals surface area contributed by atoms with Gasteiger partial charge in [-0.1, -0.05) is 41.4 Å². The molecule has 1 amide bonds. The first-order valence-electron chi connectivity index (χ1n) is 6.44. The summed E-state index contributed by atoms with van der Waals surface area (Å²) in [4.78, 5) is 14.5. The van der Waals surface area contributed by atoms with Gasteiger partial charge >= 0.3 is 0 Å². The molecule has 2 aromatic carbocycles. The predicted molar refractivity (Wildman–Crippen MR) is 82.9 cm³/mol. The van der Waals surface area contributed by atoms with Crippen molar-refractivity contribution in [3.05, 3.63) is 63.6 Å². The standard InChI is InChI=1S/C16H13Cl2NO/c1-10-8-11-4-2-3-5-15(11)19(10)16(20)12-6-7-13(17)14(18)9-12/h2-7,9-10H,8H2,1H3/t10-/m1/s1. The fourth-order valence-corrected chi connectivity index (χ4v) is 2.94. The molecule has 1 aliphatic rings. The van der Waals surface area contributed by atoms with E-state index in [0.717, 1.165) is 12.1 Å². The summed E-state index contributed by atoms with van der Waals surface area (Å²) in [5.41, 5.74) is 2.74. The summed E-state index contributed by atoms with van der Waals surface area (Å²) in [6, 6.07) is 13.1. The summed E-state index contributed by atoms with van der Waals surface area (Å²) in [5.74, 6) is -0.0407. The van der Waals surface area contributed by atoms with Crippen molar-refractivity contribution in [1.82, 2.24) is 0 Å². The monoisotopic (exact) mass is 305 g/mol. The van der Waals surface area contributed by atoms with Crippen LogP contribution in [0, 0.1) is 0 Å². The molecule has 0 aromatic heterocycles. The van der Waals surface area contributed by atoms with Crippen molar-refractivity contribution in [3.63, 3.8) is 0 Å². The van der Waals surface area contributed by atoms with Crippen LogP contribution in [0.3, 0.4) is 0 Å². The lowest BCUT2D eigenvalue weighted by molar-refractivity contribution is 0.0981. The van der Waals surface area contributed by atoms with E-state index in [2.05, 4.69) is 13.0 Å². The molecule has 102 valence electrons. The lowest BCUT2D eigenvalue weighted by atomic mass is 10.1. The Kier molecular flexibility index (Phi) is 3.45. The molecular formula is C16H13Cl2NO. The Hall–Kier alpha value is -1.51. The highest BCUT2D eigenvalue weighted by Gasteiger charge is 2.31. The Bertz CT molecular complexity index is 684. The van der Waals surface area contributed by atoms with E-state index < -0.39 is 0 Å². The highest BCUT2D eigenvalue weighted by atomic mass is 35.5. The van der Waals surface area contributed by atoms with Gasteiger partial charge in [-0.05, 0) is 43.2 Å². The fraction of sp³-hybridized carbons (Fsp3) is 0.188. The number of para-hydroxylation sites is 1. The normalized spacial score (nSPS) is 17.1. The molecular weight excluding hydrogens is 293 g/mol. The number of halogens is 2. The Balaban J connectivity index is 2.00. The Morgan fingerprint density at radius 1 is 1.15 bits per heavy atom. The molecule has 0 saturated heterocycles. The summed E-state index contributed by atoms with van der Waals surface area (Å²) >= 11 is 11.9. The minimum Gasteiger partial charge on any atom is -0.305 e. The first kappa shape index (κ1) is 13.5. The van der Waals surface area contributed by atoms with E-state index in [0.29, 0.717) is 15.6 Å². The maximum absolute atomic E-state index is 12.7. The third-order valence-corrected chi connectivity index (χ3v) is 4.33. The lowest BCUT2D eigenvalue weighted by Gasteiger charge is -2.23. The van der Waals surface area contributed by atoms with Crippen molar-refractivity contribution in [3.8, 4) is 0 Å². The van der Waals surface area contributed by atoms with Gasteiger partial charge in [0.25, 0.3) is 5.91 Å². The Morgan fingerprint density at radius 2 is 1.90 bits per heavy atom. The van der Waals surface area contributed by atoms with Gasteiger partial charge in [0.2, 0.25) is 0 Å². The van der Waals surface area contributed by atoms with Crippen LogP contribution in [0.1, 0.15) is 22.8 Å². The SMILES string of the molecule is C[C@@H]1Cc2ccccc2N1C(=O)c1ccc(Cl)c(Cl)c1. The molecule has 0 unspecified atom stereocenters. The number of fused-ring (bicyclic) bond motifs is 1. The third-order valence-electron chi connectivity index (χ3n) is 3.59. The minimum atomic E-state index is -0.0407. The van der Waals surface area contributed by atoms with Gasteiger partial charge in [-0.2, -0.15) is 0 Å². The predicted octanol–water partition coefficient (Wildman–Crippen LogP) is 4.58. The summed E-state index contributed by atoms with van der Waals surface area (Å²) in [6.45, 7) is 2.05. The third kappa shape index (κ3) is 2.19. The molecule has 0 spiro atoms. The highest BCUT2D eigenvalue weighted by Crippen LogP contribution is 2.33. The first-order chi connectivity index (χ1) is 9.58. The van der Waals surface area contributed by atoms with Crippen LogP contribution in [0.15, 0.2) is 42.5 Å². The molecule has 2 nitrogen and oxygen atoms in total. The van der Waals surface area contributed by atoms with Gasteiger partial charge < -0.3 is 4.90 Å². The average Bonchev–Trinajstić information content (AvgIpc) is 2.77. The van der Waals surface area contributed by atoms with Crippen molar-refractivity contribution in [1.29, 1.82) is 0 Å². The highest BCUT2D eigenvalue weighted by molar-refractivity contribution is 6.42. The molecule has 0 aliphatic carbocycles. The summed E-state index contributed by atoms with van der Waals surface area (Å²) in [7, 11) is 0. The number of hydrogen-bond acceptors (Lipinski definition) is 1. The van der Waals surface area contributed by atoms with Gasteiger partial charge in [-0.15, -0.1) is 0 Å². The second-order valence-corrected chi connectivity index (χ2v) is 5.80. The van der Waals surface area contributed by atoms with E-state index in [1.54, 1.807) is 18.2 Å². The van der Waals surface area contributed by atoms with E-state index in [1.807, 2.05) is 23.1 Å². The zero-order chi connectivity index (χ0) is 14.3. The van der Waals surface area contributed by atoms with E-state index in [-0.39, 0.29) is 11.9 Å². The molecule has 20 heavy (non-hydrogen) atoms. The Labute approximate surface area is 127 Å². The molecule has 1 atom stereocenters. The van der Waals surface area contributed by atoms with Gasteiger partial charge in [0.05, 0.1) is 10.0 Å².